The monoisotopic (exact) mass is 210 g/mol. The van der Waals surface area contributed by atoms with Crippen molar-refractivity contribution in [1.82, 2.24) is 9.97 Å². The highest BCUT2D eigenvalue weighted by Gasteiger charge is 2.22. The lowest BCUT2D eigenvalue weighted by Crippen LogP contribution is -2.39. The van der Waals surface area contributed by atoms with Crippen molar-refractivity contribution < 1.29 is 9.47 Å². The van der Waals surface area contributed by atoms with Crippen molar-refractivity contribution in [2.75, 3.05) is 18.6 Å². The van der Waals surface area contributed by atoms with E-state index in [9.17, 15) is 0 Å². The first-order valence-corrected chi connectivity index (χ1v) is 4.77. The number of hydrogen-bond donors (Lipinski definition) is 2. The van der Waals surface area contributed by atoms with Gasteiger partial charge in [0.1, 0.15) is 17.7 Å². The van der Waals surface area contributed by atoms with Gasteiger partial charge in [-0.3, -0.25) is 0 Å². The summed E-state index contributed by atoms with van der Waals surface area (Å²) in [6, 6.07) is 0. The van der Waals surface area contributed by atoms with Gasteiger partial charge in [0.25, 0.3) is 0 Å². The molecule has 0 aliphatic carbocycles. The molecule has 6 heteroatoms. The summed E-state index contributed by atoms with van der Waals surface area (Å²) in [6.07, 6.45) is 0.101. The largest absolute Gasteiger partial charge is 0.469 e. The lowest BCUT2D eigenvalue weighted by atomic mass is 10.3. The quantitative estimate of drug-likeness (QED) is 0.546. The van der Waals surface area contributed by atoms with Gasteiger partial charge in [-0.15, -0.1) is 0 Å². The first-order valence-electron chi connectivity index (χ1n) is 4.77. The van der Waals surface area contributed by atoms with Crippen LogP contribution in [0.15, 0.2) is 0 Å². The summed E-state index contributed by atoms with van der Waals surface area (Å²) in [7, 11) is 0. The Bertz CT molecular complexity index is 365. The van der Waals surface area contributed by atoms with Gasteiger partial charge in [-0.1, -0.05) is 0 Å². The first-order chi connectivity index (χ1) is 7.20. The maximum absolute atomic E-state index is 5.63. The number of rotatable bonds is 3. The molecule has 1 aromatic rings. The van der Waals surface area contributed by atoms with Crippen molar-refractivity contribution in [2.24, 2.45) is 5.84 Å². The maximum atomic E-state index is 5.63. The molecule has 1 saturated heterocycles. The zero-order chi connectivity index (χ0) is 10.8. The van der Waals surface area contributed by atoms with Crippen LogP contribution >= 0.6 is 0 Å². The molecular weight excluding hydrogens is 196 g/mol. The van der Waals surface area contributed by atoms with Gasteiger partial charge < -0.3 is 14.9 Å². The van der Waals surface area contributed by atoms with Gasteiger partial charge in [0, 0.05) is 0 Å². The summed E-state index contributed by atoms with van der Waals surface area (Å²) in [5, 5.41) is 0. The van der Waals surface area contributed by atoms with Crippen LogP contribution in [0.3, 0.4) is 0 Å². The third-order valence-electron chi connectivity index (χ3n) is 2.24. The van der Waals surface area contributed by atoms with E-state index in [1.165, 1.54) is 0 Å². The van der Waals surface area contributed by atoms with Gasteiger partial charge in [0.05, 0.1) is 18.8 Å². The lowest BCUT2D eigenvalue weighted by Gasteiger charge is -2.27. The Morgan fingerprint density at radius 1 is 1.40 bits per heavy atom. The molecule has 1 aliphatic rings. The molecule has 2 heterocycles. The summed E-state index contributed by atoms with van der Waals surface area (Å²) < 4.78 is 10.7. The predicted molar refractivity (Wildman–Crippen MR) is 54.6 cm³/mol. The number of aryl methyl sites for hydroxylation is 1. The van der Waals surface area contributed by atoms with Crippen molar-refractivity contribution in [3.05, 3.63) is 11.4 Å². The smallest absolute Gasteiger partial charge is 0.222 e. The van der Waals surface area contributed by atoms with Crippen LogP contribution in [-0.2, 0) is 4.74 Å². The van der Waals surface area contributed by atoms with Crippen LogP contribution in [0.5, 0.6) is 5.88 Å². The van der Waals surface area contributed by atoms with E-state index >= 15 is 0 Å². The van der Waals surface area contributed by atoms with E-state index in [4.69, 9.17) is 15.3 Å². The molecule has 2 rings (SSSR count). The van der Waals surface area contributed by atoms with Crippen LogP contribution in [0.1, 0.15) is 11.4 Å². The minimum atomic E-state index is 0.101. The summed E-state index contributed by atoms with van der Waals surface area (Å²) in [5.74, 6) is 7.14. The molecule has 0 bridgehead atoms. The number of ether oxygens (including phenoxy) is 2. The molecule has 15 heavy (non-hydrogen) atoms. The van der Waals surface area contributed by atoms with Crippen LogP contribution in [-0.4, -0.2) is 29.3 Å². The van der Waals surface area contributed by atoms with Crippen molar-refractivity contribution in [2.45, 2.75) is 20.0 Å². The minimum Gasteiger partial charge on any atom is -0.469 e. The molecule has 1 fully saturated rings. The summed E-state index contributed by atoms with van der Waals surface area (Å²) >= 11 is 0. The summed E-state index contributed by atoms with van der Waals surface area (Å²) in [4.78, 5) is 8.36. The fourth-order valence-electron chi connectivity index (χ4n) is 1.30. The number of aromatic nitrogens is 2. The van der Waals surface area contributed by atoms with Crippen LogP contribution in [0.2, 0.25) is 0 Å². The zero-order valence-electron chi connectivity index (χ0n) is 8.78. The van der Waals surface area contributed by atoms with Gasteiger partial charge in [-0.05, 0) is 13.8 Å². The highest BCUT2D eigenvalue weighted by Crippen LogP contribution is 2.23. The molecule has 0 amide bonds. The standard InChI is InChI=1S/C9H14N4O2/c1-5-8(13-10)11-6(2)12-9(5)15-7-3-14-4-7/h7H,3-4,10H2,1-2H3,(H,11,12,13). The third kappa shape index (κ3) is 2.00. The maximum Gasteiger partial charge on any atom is 0.222 e. The van der Waals surface area contributed by atoms with E-state index in [1.54, 1.807) is 6.92 Å². The fourth-order valence-corrected chi connectivity index (χ4v) is 1.30. The summed E-state index contributed by atoms with van der Waals surface area (Å²) in [5.41, 5.74) is 3.34. The fraction of sp³-hybridized carbons (Fsp3) is 0.556. The molecule has 0 atom stereocenters. The molecule has 0 radical (unpaired) electrons. The first kappa shape index (κ1) is 10.1. The Labute approximate surface area is 87.8 Å². The van der Waals surface area contributed by atoms with E-state index in [1.807, 2.05) is 6.92 Å². The van der Waals surface area contributed by atoms with Gasteiger partial charge in [0.2, 0.25) is 5.88 Å². The topological polar surface area (TPSA) is 82.3 Å². The van der Waals surface area contributed by atoms with Gasteiger partial charge in [-0.25, -0.2) is 10.8 Å². The second kappa shape index (κ2) is 4.00. The molecule has 0 spiro atoms. The number of nitrogens with zero attached hydrogens (tertiary/aromatic N) is 2. The van der Waals surface area contributed by atoms with Gasteiger partial charge >= 0.3 is 0 Å². The van der Waals surface area contributed by atoms with Crippen molar-refractivity contribution >= 4 is 5.82 Å². The van der Waals surface area contributed by atoms with E-state index in [2.05, 4.69) is 15.4 Å². The highest BCUT2D eigenvalue weighted by molar-refractivity contribution is 5.47. The van der Waals surface area contributed by atoms with Crippen LogP contribution in [0.25, 0.3) is 0 Å². The molecule has 0 unspecified atom stereocenters. The molecule has 82 valence electrons. The third-order valence-corrected chi connectivity index (χ3v) is 2.24. The average Bonchev–Trinajstić information content (AvgIpc) is 2.16. The zero-order valence-corrected chi connectivity index (χ0v) is 8.78. The second-order valence-electron chi connectivity index (χ2n) is 3.47. The van der Waals surface area contributed by atoms with Gasteiger partial charge in [-0.2, -0.15) is 4.98 Å². The molecule has 0 aromatic carbocycles. The molecular formula is C9H14N4O2. The van der Waals surface area contributed by atoms with E-state index in [-0.39, 0.29) is 6.10 Å². The molecule has 6 nitrogen and oxygen atoms in total. The average molecular weight is 210 g/mol. The van der Waals surface area contributed by atoms with Crippen molar-refractivity contribution in [3.8, 4) is 5.88 Å². The normalized spacial score (nSPS) is 15.9. The van der Waals surface area contributed by atoms with E-state index in [0.29, 0.717) is 30.7 Å². The lowest BCUT2D eigenvalue weighted by molar-refractivity contribution is -0.0816. The SMILES string of the molecule is Cc1nc(NN)c(C)c(OC2COC2)n1. The Kier molecular flexibility index (Phi) is 2.70. The molecule has 1 aromatic heterocycles. The highest BCUT2D eigenvalue weighted by atomic mass is 16.6. The van der Waals surface area contributed by atoms with Crippen molar-refractivity contribution in [1.29, 1.82) is 0 Å². The Balaban J connectivity index is 2.24. The van der Waals surface area contributed by atoms with Crippen molar-refractivity contribution in [3.63, 3.8) is 0 Å². The number of nitrogens with two attached hydrogens (primary N) is 1. The second-order valence-corrected chi connectivity index (χ2v) is 3.47. The number of nitrogens with one attached hydrogen (secondary N) is 1. The minimum absolute atomic E-state index is 0.101. The molecule has 1 aliphatic heterocycles. The van der Waals surface area contributed by atoms with Crippen LogP contribution < -0.4 is 16.0 Å². The Hall–Kier alpha value is -1.40. The molecule has 0 saturated carbocycles. The Morgan fingerprint density at radius 2 is 2.13 bits per heavy atom. The van der Waals surface area contributed by atoms with E-state index < -0.39 is 0 Å². The van der Waals surface area contributed by atoms with Crippen LogP contribution in [0.4, 0.5) is 5.82 Å². The number of hydrogen-bond acceptors (Lipinski definition) is 6. The number of anilines is 1. The number of hydrazine groups is 1. The number of nitrogen functional groups attached to an aromatic ring is 1. The summed E-state index contributed by atoms with van der Waals surface area (Å²) in [6.45, 7) is 4.90. The predicted octanol–water partition coefficient (Wildman–Crippen LogP) is 0.157. The van der Waals surface area contributed by atoms with Crippen LogP contribution in [0, 0.1) is 13.8 Å². The Morgan fingerprint density at radius 3 is 2.67 bits per heavy atom. The van der Waals surface area contributed by atoms with Gasteiger partial charge in [0.15, 0.2) is 0 Å². The molecule has 3 N–H and O–H groups in total. The van der Waals surface area contributed by atoms with E-state index in [0.717, 1.165) is 5.56 Å².